The van der Waals surface area contributed by atoms with Crippen molar-refractivity contribution < 1.29 is 0 Å². The van der Waals surface area contributed by atoms with Crippen LogP contribution in [0.2, 0.25) is 0 Å². The average Bonchev–Trinajstić information content (AvgIpc) is 2.23. The molecule has 0 fully saturated rings. The highest BCUT2D eigenvalue weighted by Gasteiger charge is 2.01. The van der Waals surface area contributed by atoms with Gasteiger partial charge in [0.05, 0.1) is 0 Å². The van der Waals surface area contributed by atoms with Gasteiger partial charge in [0.15, 0.2) is 0 Å². The van der Waals surface area contributed by atoms with Crippen molar-refractivity contribution in [3.05, 3.63) is 47.5 Å². The van der Waals surface area contributed by atoms with E-state index in [1.54, 1.807) is 0 Å². The molecule has 0 bridgehead atoms. The van der Waals surface area contributed by atoms with Crippen LogP contribution in [0.15, 0.2) is 36.4 Å². The molecule has 2 aromatic carbocycles. The first kappa shape index (κ1) is 9.72. The van der Waals surface area contributed by atoms with E-state index in [1.807, 2.05) is 0 Å². The Bertz CT molecular complexity index is 446. The predicted molar refractivity (Wildman–Crippen MR) is 66.2 cm³/mol. The molecular weight excluding hydrogens is 236 g/mol. The van der Waals surface area contributed by atoms with Gasteiger partial charge < -0.3 is 0 Å². The molecule has 0 spiro atoms. The molecule has 0 aliphatic rings. The Labute approximate surface area is 93.1 Å². The fraction of sp³-hybridized carbons (Fsp3) is 0.231. The van der Waals surface area contributed by atoms with Gasteiger partial charge in [-0.2, -0.15) is 0 Å². The molecule has 2 rings (SSSR count). The summed E-state index contributed by atoms with van der Waals surface area (Å²) in [6.45, 7) is 2.21. The number of hydrogen-bond donors (Lipinski definition) is 0. The SMILES string of the molecule is Cc1c(CCBr)ccc2ccccc12. The molecule has 0 aliphatic carbocycles. The van der Waals surface area contributed by atoms with E-state index in [4.69, 9.17) is 0 Å². The first-order valence-corrected chi connectivity index (χ1v) is 5.98. The van der Waals surface area contributed by atoms with Crippen molar-refractivity contribution in [2.75, 3.05) is 5.33 Å². The summed E-state index contributed by atoms with van der Waals surface area (Å²) in [6.07, 6.45) is 1.11. The van der Waals surface area contributed by atoms with Gasteiger partial charge in [-0.15, -0.1) is 0 Å². The fourth-order valence-corrected chi connectivity index (χ4v) is 2.27. The number of aryl methyl sites for hydroxylation is 2. The molecule has 0 amide bonds. The molecule has 1 heteroatoms. The van der Waals surface area contributed by atoms with E-state index in [9.17, 15) is 0 Å². The van der Waals surface area contributed by atoms with Crippen LogP contribution in [0.4, 0.5) is 0 Å². The first-order chi connectivity index (χ1) is 6.83. The lowest BCUT2D eigenvalue weighted by molar-refractivity contribution is 1.14. The van der Waals surface area contributed by atoms with Gasteiger partial charge in [0.2, 0.25) is 0 Å². The van der Waals surface area contributed by atoms with Crippen LogP contribution in [0.3, 0.4) is 0 Å². The van der Waals surface area contributed by atoms with Crippen molar-refractivity contribution in [1.82, 2.24) is 0 Å². The third kappa shape index (κ3) is 1.69. The Hall–Kier alpha value is -0.820. The predicted octanol–water partition coefficient (Wildman–Crippen LogP) is 4.09. The largest absolute Gasteiger partial charge is 0.0924 e. The number of alkyl halides is 1. The maximum atomic E-state index is 3.48. The fourth-order valence-electron chi connectivity index (χ4n) is 1.84. The molecule has 14 heavy (non-hydrogen) atoms. The highest BCUT2D eigenvalue weighted by atomic mass is 79.9. The van der Waals surface area contributed by atoms with Gasteiger partial charge in [-0.05, 0) is 35.2 Å². The lowest BCUT2D eigenvalue weighted by Gasteiger charge is -2.07. The minimum absolute atomic E-state index is 1.03. The number of fused-ring (bicyclic) bond motifs is 1. The summed E-state index contributed by atoms with van der Waals surface area (Å²) in [7, 11) is 0. The average molecular weight is 249 g/mol. The van der Waals surface area contributed by atoms with Gasteiger partial charge in [0.25, 0.3) is 0 Å². The zero-order valence-electron chi connectivity index (χ0n) is 8.26. The van der Waals surface area contributed by atoms with Crippen molar-refractivity contribution in [3.8, 4) is 0 Å². The molecule has 0 N–H and O–H groups in total. The summed E-state index contributed by atoms with van der Waals surface area (Å²) in [6, 6.07) is 13.0. The van der Waals surface area contributed by atoms with Crippen LogP contribution < -0.4 is 0 Å². The summed E-state index contributed by atoms with van der Waals surface area (Å²) in [5, 5.41) is 3.75. The Morgan fingerprint density at radius 2 is 1.86 bits per heavy atom. The Morgan fingerprint density at radius 3 is 2.64 bits per heavy atom. The summed E-state index contributed by atoms with van der Waals surface area (Å²) in [4.78, 5) is 0. The Morgan fingerprint density at radius 1 is 1.07 bits per heavy atom. The van der Waals surface area contributed by atoms with Crippen molar-refractivity contribution >= 4 is 26.7 Å². The van der Waals surface area contributed by atoms with Gasteiger partial charge in [0.1, 0.15) is 0 Å². The normalized spacial score (nSPS) is 10.7. The summed E-state index contributed by atoms with van der Waals surface area (Å²) < 4.78 is 0. The van der Waals surface area contributed by atoms with Crippen molar-refractivity contribution in [2.45, 2.75) is 13.3 Å². The maximum Gasteiger partial charge on any atom is 0.00719 e. The second-order valence-electron chi connectivity index (χ2n) is 3.51. The van der Waals surface area contributed by atoms with Crippen molar-refractivity contribution in [3.63, 3.8) is 0 Å². The molecule has 0 aliphatic heterocycles. The standard InChI is InChI=1S/C13H13Br/c1-10-11(8-9-14)6-7-12-4-2-3-5-13(10)12/h2-7H,8-9H2,1H3. The topological polar surface area (TPSA) is 0 Å². The second-order valence-corrected chi connectivity index (χ2v) is 4.30. The lowest BCUT2D eigenvalue weighted by Crippen LogP contribution is -1.91. The number of halogens is 1. The van der Waals surface area contributed by atoms with E-state index in [-0.39, 0.29) is 0 Å². The van der Waals surface area contributed by atoms with Crippen LogP contribution in [0.5, 0.6) is 0 Å². The van der Waals surface area contributed by atoms with Crippen molar-refractivity contribution in [1.29, 1.82) is 0 Å². The summed E-state index contributed by atoms with van der Waals surface area (Å²) in [5.41, 5.74) is 2.86. The zero-order valence-corrected chi connectivity index (χ0v) is 9.84. The zero-order chi connectivity index (χ0) is 9.97. The highest BCUT2D eigenvalue weighted by Crippen LogP contribution is 2.22. The maximum absolute atomic E-state index is 3.48. The first-order valence-electron chi connectivity index (χ1n) is 4.86. The van der Waals surface area contributed by atoms with Crippen LogP contribution >= 0.6 is 15.9 Å². The Balaban J connectivity index is 2.63. The molecule has 0 heterocycles. The molecule has 0 radical (unpaired) electrons. The molecule has 0 aromatic heterocycles. The van der Waals surface area contributed by atoms with E-state index in [2.05, 4.69) is 59.3 Å². The van der Waals surface area contributed by atoms with Gasteiger partial charge >= 0.3 is 0 Å². The van der Waals surface area contributed by atoms with E-state index in [0.29, 0.717) is 0 Å². The quantitative estimate of drug-likeness (QED) is 0.703. The van der Waals surface area contributed by atoms with Crippen molar-refractivity contribution in [2.24, 2.45) is 0 Å². The molecule has 2 aromatic rings. The number of benzene rings is 2. The van der Waals surface area contributed by atoms with Crippen LogP contribution in [0, 0.1) is 6.92 Å². The van der Waals surface area contributed by atoms with E-state index in [0.717, 1.165) is 11.8 Å². The number of rotatable bonds is 2. The Kier molecular flexibility index (Phi) is 2.87. The van der Waals surface area contributed by atoms with Crippen LogP contribution in [-0.4, -0.2) is 5.33 Å². The molecule has 72 valence electrons. The molecule has 0 unspecified atom stereocenters. The van der Waals surface area contributed by atoms with Gasteiger partial charge in [-0.3, -0.25) is 0 Å². The second kappa shape index (κ2) is 4.14. The van der Waals surface area contributed by atoms with E-state index in [1.165, 1.54) is 21.9 Å². The lowest BCUT2D eigenvalue weighted by atomic mass is 9.99. The molecule has 0 atom stereocenters. The van der Waals surface area contributed by atoms with Gasteiger partial charge in [-0.25, -0.2) is 0 Å². The molecule has 0 nitrogen and oxygen atoms in total. The summed E-state index contributed by atoms with van der Waals surface area (Å²) in [5.74, 6) is 0. The highest BCUT2D eigenvalue weighted by molar-refractivity contribution is 9.09. The third-order valence-corrected chi connectivity index (χ3v) is 3.07. The van der Waals surface area contributed by atoms with Crippen LogP contribution in [0.25, 0.3) is 10.8 Å². The van der Waals surface area contributed by atoms with Gasteiger partial charge in [0, 0.05) is 5.33 Å². The van der Waals surface area contributed by atoms with E-state index < -0.39 is 0 Å². The molecule has 0 saturated carbocycles. The monoisotopic (exact) mass is 248 g/mol. The number of hydrogen-bond acceptors (Lipinski definition) is 0. The summed E-state index contributed by atoms with van der Waals surface area (Å²) >= 11 is 3.48. The molecule has 0 saturated heterocycles. The smallest absolute Gasteiger partial charge is 0.00719 e. The van der Waals surface area contributed by atoms with Crippen LogP contribution in [0.1, 0.15) is 11.1 Å². The van der Waals surface area contributed by atoms with Gasteiger partial charge in [-0.1, -0.05) is 52.3 Å². The third-order valence-electron chi connectivity index (χ3n) is 2.67. The minimum Gasteiger partial charge on any atom is -0.0924 e. The van der Waals surface area contributed by atoms with Crippen LogP contribution in [-0.2, 0) is 6.42 Å². The molecular formula is C13H13Br. The minimum atomic E-state index is 1.03. The van der Waals surface area contributed by atoms with E-state index >= 15 is 0 Å².